The van der Waals surface area contributed by atoms with Gasteiger partial charge in [0.1, 0.15) is 12.1 Å². The predicted molar refractivity (Wildman–Crippen MR) is 124 cm³/mol. The number of furan rings is 1. The summed E-state index contributed by atoms with van der Waals surface area (Å²) in [6.45, 7) is 0. The molecule has 0 unspecified atom stereocenters. The quantitative estimate of drug-likeness (QED) is 0.388. The van der Waals surface area contributed by atoms with Crippen molar-refractivity contribution in [3.05, 3.63) is 107 Å². The van der Waals surface area contributed by atoms with Crippen molar-refractivity contribution in [1.82, 2.24) is 9.66 Å². The minimum Gasteiger partial charge on any atom is -0.437 e. The summed E-state index contributed by atoms with van der Waals surface area (Å²) < 4.78 is 7.39. The van der Waals surface area contributed by atoms with Crippen molar-refractivity contribution in [2.24, 2.45) is 0 Å². The number of carbonyl (C=O) groups is 1. The van der Waals surface area contributed by atoms with Crippen molar-refractivity contribution in [3.63, 3.8) is 0 Å². The van der Waals surface area contributed by atoms with E-state index in [0.29, 0.717) is 27.4 Å². The van der Waals surface area contributed by atoms with Gasteiger partial charge >= 0.3 is 0 Å². The van der Waals surface area contributed by atoms with E-state index in [9.17, 15) is 4.79 Å². The molecule has 0 atom stereocenters. The molecular formula is C25H17ClN4O2. The van der Waals surface area contributed by atoms with Crippen LogP contribution >= 0.6 is 11.6 Å². The summed E-state index contributed by atoms with van der Waals surface area (Å²) in [6.07, 6.45) is 1.37. The molecule has 7 heteroatoms. The first-order valence-corrected chi connectivity index (χ1v) is 10.3. The summed E-state index contributed by atoms with van der Waals surface area (Å²) in [4.78, 5) is 17.1. The van der Waals surface area contributed by atoms with Gasteiger partial charge in [0.2, 0.25) is 5.71 Å². The van der Waals surface area contributed by atoms with Crippen LogP contribution < -0.4 is 10.9 Å². The van der Waals surface area contributed by atoms with Crippen molar-refractivity contribution in [3.8, 4) is 22.5 Å². The van der Waals surface area contributed by atoms with Crippen LogP contribution in [0.2, 0.25) is 5.02 Å². The largest absolute Gasteiger partial charge is 0.437 e. The Bertz CT molecular complexity index is 1470. The van der Waals surface area contributed by atoms with Crippen LogP contribution in [-0.4, -0.2) is 15.6 Å². The first-order valence-electron chi connectivity index (χ1n) is 9.88. The van der Waals surface area contributed by atoms with Crippen LogP contribution in [0.15, 0.2) is 95.7 Å². The van der Waals surface area contributed by atoms with Crippen LogP contribution in [0, 0.1) is 5.41 Å². The number of halogens is 1. The zero-order valence-corrected chi connectivity index (χ0v) is 17.5. The molecule has 0 saturated carbocycles. The number of nitrogens with one attached hydrogen (secondary N) is 2. The Labute approximate surface area is 188 Å². The number of nitrogens with zero attached hydrogens (tertiary/aromatic N) is 2. The minimum absolute atomic E-state index is 0.0575. The van der Waals surface area contributed by atoms with E-state index >= 15 is 0 Å². The SMILES string of the molecule is N=c1c2c(-c3ccccc3)c(-c3ccccc3)oc2ncn1NC(=O)c1ccc(Cl)cc1. The molecule has 0 bridgehead atoms. The Morgan fingerprint density at radius 1 is 0.906 bits per heavy atom. The number of carbonyl (C=O) groups excluding carboxylic acids is 1. The van der Waals surface area contributed by atoms with Gasteiger partial charge in [-0.2, -0.15) is 0 Å². The van der Waals surface area contributed by atoms with Crippen LogP contribution in [0.5, 0.6) is 0 Å². The standard InChI is InChI=1S/C25H17ClN4O2/c26-19-13-11-18(12-14-19)24(31)29-30-15-28-25-21(23(30)27)20(16-7-3-1-4-8-16)22(32-25)17-9-5-2-6-10-17/h1-15,27H,(H,29,31). The molecule has 1 amide bonds. The minimum atomic E-state index is -0.380. The van der Waals surface area contributed by atoms with Gasteiger partial charge < -0.3 is 4.42 Å². The summed E-state index contributed by atoms with van der Waals surface area (Å²) in [5, 5.41) is 9.87. The van der Waals surface area contributed by atoms with Gasteiger partial charge in [0.25, 0.3) is 5.91 Å². The fourth-order valence-electron chi connectivity index (χ4n) is 3.55. The van der Waals surface area contributed by atoms with E-state index in [1.165, 1.54) is 11.0 Å². The Morgan fingerprint density at radius 3 is 2.19 bits per heavy atom. The average Bonchev–Trinajstić information content (AvgIpc) is 3.23. The van der Waals surface area contributed by atoms with E-state index in [2.05, 4.69) is 10.4 Å². The van der Waals surface area contributed by atoms with Gasteiger partial charge in [-0.15, -0.1) is 0 Å². The molecule has 0 spiro atoms. The summed E-state index contributed by atoms with van der Waals surface area (Å²) >= 11 is 5.91. The van der Waals surface area contributed by atoms with Gasteiger partial charge in [-0.05, 0) is 29.8 Å². The Balaban J connectivity index is 1.67. The summed E-state index contributed by atoms with van der Waals surface area (Å²) in [5.41, 5.74) is 6.02. The number of hydrogen-bond donors (Lipinski definition) is 2. The maximum atomic E-state index is 12.7. The molecule has 2 N–H and O–H groups in total. The molecule has 2 heterocycles. The van der Waals surface area contributed by atoms with Crippen LogP contribution in [0.3, 0.4) is 0 Å². The molecular weight excluding hydrogens is 424 g/mol. The van der Waals surface area contributed by atoms with Gasteiger partial charge in [-0.1, -0.05) is 72.3 Å². The number of rotatable bonds is 4. The molecule has 6 nitrogen and oxygen atoms in total. The van der Waals surface area contributed by atoms with Crippen LogP contribution in [0.25, 0.3) is 33.6 Å². The second-order valence-corrected chi connectivity index (χ2v) is 7.57. The molecule has 32 heavy (non-hydrogen) atoms. The molecule has 0 radical (unpaired) electrons. The van der Waals surface area contributed by atoms with E-state index in [1.807, 2.05) is 60.7 Å². The lowest BCUT2D eigenvalue weighted by atomic mass is 10.00. The van der Waals surface area contributed by atoms with Crippen LogP contribution in [-0.2, 0) is 0 Å². The fraction of sp³-hybridized carbons (Fsp3) is 0. The molecule has 5 aromatic rings. The van der Waals surface area contributed by atoms with Gasteiger partial charge in [-0.3, -0.25) is 15.6 Å². The van der Waals surface area contributed by atoms with E-state index in [1.54, 1.807) is 24.3 Å². The van der Waals surface area contributed by atoms with Gasteiger partial charge in [0.05, 0.1) is 5.39 Å². The maximum absolute atomic E-state index is 12.7. The molecule has 3 aromatic carbocycles. The number of fused-ring (bicyclic) bond motifs is 1. The molecule has 0 aliphatic heterocycles. The first kappa shape index (κ1) is 19.8. The highest BCUT2D eigenvalue weighted by Gasteiger charge is 2.21. The van der Waals surface area contributed by atoms with E-state index in [4.69, 9.17) is 21.4 Å². The average molecular weight is 441 g/mol. The van der Waals surface area contributed by atoms with Crippen molar-refractivity contribution in [2.45, 2.75) is 0 Å². The zero-order chi connectivity index (χ0) is 22.1. The number of amides is 1. The van der Waals surface area contributed by atoms with E-state index in [0.717, 1.165) is 16.7 Å². The topological polar surface area (TPSA) is 83.9 Å². The Hall–Kier alpha value is -4.16. The third-order valence-electron chi connectivity index (χ3n) is 5.08. The summed E-state index contributed by atoms with van der Waals surface area (Å²) in [7, 11) is 0. The monoisotopic (exact) mass is 440 g/mol. The predicted octanol–water partition coefficient (Wildman–Crippen LogP) is 5.48. The number of benzene rings is 3. The smallest absolute Gasteiger partial charge is 0.270 e. The second kappa shape index (κ2) is 8.17. The van der Waals surface area contributed by atoms with Crippen LogP contribution in [0.1, 0.15) is 10.4 Å². The highest BCUT2D eigenvalue weighted by molar-refractivity contribution is 6.30. The molecule has 0 saturated heterocycles. The Morgan fingerprint density at radius 2 is 1.53 bits per heavy atom. The van der Waals surface area contributed by atoms with Crippen molar-refractivity contribution in [2.75, 3.05) is 5.43 Å². The third kappa shape index (κ3) is 3.57. The molecule has 5 rings (SSSR count). The van der Waals surface area contributed by atoms with Crippen molar-refractivity contribution >= 4 is 28.6 Å². The Kier molecular flexibility index (Phi) is 5.05. The molecule has 2 aromatic heterocycles. The number of hydrogen-bond acceptors (Lipinski definition) is 4. The van der Waals surface area contributed by atoms with Gasteiger partial charge in [0.15, 0.2) is 5.49 Å². The van der Waals surface area contributed by atoms with E-state index < -0.39 is 0 Å². The highest BCUT2D eigenvalue weighted by atomic mass is 35.5. The molecule has 0 aliphatic carbocycles. The summed E-state index contributed by atoms with van der Waals surface area (Å²) in [6, 6.07) is 25.9. The third-order valence-corrected chi connectivity index (χ3v) is 5.34. The number of aromatic nitrogens is 2. The fourth-order valence-corrected chi connectivity index (χ4v) is 3.68. The summed E-state index contributed by atoms with van der Waals surface area (Å²) in [5.74, 6) is 0.240. The zero-order valence-electron chi connectivity index (χ0n) is 16.7. The maximum Gasteiger partial charge on any atom is 0.270 e. The van der Waals surface area contributed by atoms with Crippen molar-refractivity contribution < 1.29 is 9.21 Å². The normalized spacial score (nSPS) is 10.9. The first-order chi connectivity index (χ1) is 15.6. The van der Waals surface area contributed by atoms with Crippen molar-refractivity contribution in [1.29, 1.82) is 5.41 Å². The molecule has 0 fully saturated rings. The second-order valence-electron chi connectivity index (χ2n) is 7.13. The van der Waals surface area contributed by atoms with Crippen LogP contribution in [0.4, 0.5) is 0 Å². The highest BCUT2D eigenvalue weighted by Crippen LogP contribution is 2.38. The molecule has 0 aliphatic rings. The van der Waals surface area contributed by atoms with Gasteiger partial charge in [0, 0.05) is 21.7 Å². The molecule has 156 valence electrons. The van der Waals surface area contributed by atoms with E-state index in [-0.39, 0.29) is 11.4 Å². The lowest BCUT2D eigenvalue weighted by molar-refractivity contribution is 0.101. The lowest BCUT2D eigenvalue weighted by Crippen LogP contribution is -2.33. The van der Waals surface area contributed by atoms with Gasteiger partial charge in [-0.25, -0.2) is 9.66 Å². The lowest BCUT2D eigenvalue weighted by Gasteiger charge is -2.09.